The Balaban J connectivity index is 1.84. The number of hydrogen-bond donors (Lipinski definition) is 2. The van der Waals surface area contributed by atoms with E-state index in [2.05, 4.69) is 17.6 Å². The summed E-state index contributed by atoms with van der Waals surface area (Å²) in [4.78, 5) is 36.4. The van der Waals surface area contributed by atoms with Gasteiger partial charge in [0.05, 0.1) is 0 Å². The molecule has 1 aliphatic carbocycles. The van der Waals surface area contributed by atoms with E-state index >= 15 is 0 Å². The Hall–Kier alpha value is -3.47. The smallest absolute Gasteiger partial charge is 0.251 e. The summed E-state index contributed by atoms with van der Waals surface area (Å²) in [7, 11) is 3.19. The van der Waals surface area contributed by atoms with Crippen LogP contribution in [0.2, 0.25) is 0 Å². The number of allylic oxidation sites excluding steroid dienone is 2. The number of nitrogens with one attached hydrogen (secondary N) is 2. The molecule has 0 radical (unpaired) electrons. The topological polar surface area (TPSA) is 75.3 Å². The first-order valence-electron chi connectivity index (χ1n) is 10.0. The molecule has 0 aromatic heterocycles. The molecule has 30 heavy (non-hydrogen) atoms. The molecule has 2 N–H and O–H groups in total. The normalized spacial score (nSPS) is 19.0. The van der Waals surface area contributed by atoms with Crippen molar-refractivity contribution in [3.8, 4) is 0 Å². The number of Topliss-reactive ketones (excluding diaryl/α,β-unsaturated/α-hetero) is 1. The molecule has 0 saturated heterocycles. The Morgan fingerprint density at radius 3 is 1.47 bits per heavy atom. The van der Waals surface area contributed by atoms with E-state index in [1.807, 2.05) is 36.4 Å². The zero-order chi connectivity index (χ0) is 21.7. The molecule has 0 aliphatic heterocycles. The molecule has 0 atom stereocenters. The largest absolute Gasteiger partial charge is 0.355 e. The Bertz CT molecular complexity index is 934. The van der Waals surface area contributed by atoms with E-state index < -0.39 is 0 Å². The third-order valence-corrected chi connectivity index (χ3v) is 5.20. The molecule has 2 amide bonds. The minimum Gasteiger partial charge on any atom is -0.355 e. The highest BCUT2D eigenvalue weighted by Crippen LogP contribution is 2.32. The average molecular weight is 402 g/mol. The summed E-state index contributed by atoms with van der Waals surface area (Å²) in [6.07, 6.45) is 5.27. The minimum atomic E-state index is -0.135. The molecular formula is C25H26N2O3. The number of amides is 2. The SMILES string of the molecule is CNC(=O)c1ccc(C=C2CC(C)CC(=Cc3ccc(C(=O)NC)cc3)C2=O)cc1. The second-order valence-corrected chi connectivity index (χ2v) is 7.58. The van der Waals surface area contributed by atoms with E-state index in [1.54, 1.807) is 38.4 Å². The van der Waals surface area contributed by atoms with Crippen LogP contribution in [0.5, 0.6) is 0 Å². The van der Waals surface area contributed by atoms with E-state index in [9.17, 15) is 14.4 Å². The Labute approximate surface area is 176 Å². The number of hydrogen-bond acceptors (Lipinski definition) is 3. The monoisotopic (exact) mass is 402 g/mol. The molecule has 154 valence electrons. The van der Waals surface area contributed by atoms with E-state index in [-0.39, 0.29) is 17.6 Å². The number of benzene rings is 2. The van der Waals surface area contributed by atoms with E-state index in [1.165, 1.54) is 0 Å². The molecular weight excluding hydrogens is 376 g/mol. The summed E-state index contributed by atoms with van der Waals surface area (Å²) in [6.45, 7) is 2.14. The molecule has 0 unspecified atom stereocenters. The van der Waals surface area contributed by atoms with E-state index in [0.717, 1.165) is 35.1 Å². The third kappa shape index (κ3) is 4.92. The van der Waals surface area contributed by atoms with Crippen molar-refractivity contribution in [3.63, 3.8) is 0 Å². The van der Waals surface area contributed by atoms with Crippen LogP contribution in [-0.2, 0) is 4.79 Å². The van der Waals surface area contributed by atoms with Gasteiger partial charge in [-0.25, -0.2) is 0 Å². The summed E-state index contributed by atoms with van der Waals surface area (Å²) < 4.78 is 0. The Kier molecular flexibility index (Phi) is 6.62. The Morgan fingerprint density at radius 1 is 0.767 bits per heavy atom. The molecule has 1 fully saturated rings. The number of carbonyl (C=O) groups excluding carboxylic acids is 3. The lowest BCUT2D eigenvalue weighted by molar-refractivity contribution is -0.113. The van der Waals surface area contributed by atoms with Crippen molar-refractivity contribution in [2.75, 3.05) is 14.1 Å². The van der Waals surface area contributed by atoms with Crippen LogP contribution in [0.15, 0.2) is 59.7 Å². The number of ketones is 1. The van der Waals surface area contributed by atoms with Crippen LogP contribution < -0.4 is 10.6 Å². The van der Waals surface area contributed by atoms with Crippen LogP contribution in [-0.4, -0.2) is 31.7 Å². The quantitative estimate of drug-likeness (QED) is 0.763. The van der Waals surface area contributed by atoms with Gasteiger partial charge in [-0.3, -0.25) is 14.4 Å². The van der Waals surface area contributed by atoms with Gasteiger partial charge in [-0.05, 0) is 66.3 Å². The van der Waals surface area contributed by atoms with Crippen LogP contribution >= 0.6 is 0 Å². The van der Waals surface area contributed by atoms with Gasteiger partial charge < -0.3 is 10.6 Å². The second-order valence-electron chi connectivity index (χ2n) is 7.58. The first-order valence-corrected chi connectivity index (χ1v) is 10.0. The van der Waals surface area contributed by atoms with Gasteiger partial charge in [0.15, 0.2) is 5.78 Å². The van der Waals surface area contributed by atoms with Gasteiger partial charge in [-0.15, -0.1) is 0 Å². The fourth-order valence-electron chi connectivity index (χ4n) is 3.62. The maximum atomic E-state index is 13.1. The summed E-state index contributed by atoms with van der Waals surface area (Å²) in [6, 6.07) is 14.4. The molecule has 2 aromatic rings. The number of carbonyl (C=O) groups is 3. The van der Waals surface area contributed by atoms with Crippen LogP contribution in [0.4, 0.5) is 0 Å². The van der Waals surface area contributed by atoms with Crippen molar-refractivity contribution < 1.29 is 14.4 Å². The lowest BCUT2D eigenvalue weighted by Gasteiger charge is -2.22. The lowest BCUT2D eigenvalue weighted by Crippen LogP contribution is -2.18. The third-order valence-electron chi connectivity index (χ3n) is 5.20. The minimum absolute atomic E-state index is 0.0545. The summed E-state index contributed by atoms with van der Waals surface area (Å²) in [5.74, 6) is 0.141. The first-order chi connectivity index (χ1) is 14.4. The number of rotatable bonds is 4. The van der Waals surface area contributed by atoms with Crippen molar-refractivity contribution in [1.82, 2.24) is 10.6 Å². The molecule has 3 rings (SSSR count). The van der Waals surface area contributed by atoms with Gasteiger partial charge in [0.1, 0.15) is 0 Å². The molecule has 0 bridgehead atoms. The second kappa shape index (κ2) is 9.35. The molecule has 1 saturated carbocycles. The van der Waals surface area contributed by atoms with Crippen LogP contribution in [0.1, 0.15) is 51.6 Å². The Morgan fingerprint density at radius 2 is 1.13 bits per heavy atom. The van der Waals surface area contributed by atoms with Gasteiger partial charge in [-0.2, -0.15) is 0 Å². The van der Waals surface area contributed by atoms with Crippen LogP contribution in [0.3, 0.4) is 0 Å². The molecule has 0 spiro atoms. The van der Waals surface area contributed by atoms with Crippen molar-refractivity contribution >= 4 is 29.7 Å². The molecule has 5 nitrogen and oxygen atoms in total. The maximum absolute atomic E-state index is 13.1. The van der Waals surface area contributed by atoms with Gasteiger partial charge in [0, 0.05) is 36.4 Å². The predicted molar refractivity (Wildman–Crippen MR) is 119 cm³/mol. The van der Waals surface area contributed by atoms with Gasteiger partial charge >= 0.3 is 0 Å². The summed E-state index contributed by atoms with van der Waals surface area (Å²) >= 11 is 0. The zero-order valence-electron chi connectivity index (χ0n) is 17.5. The molecule has 1 aliphatic rings. The van der Waals surface area contributed by atoms with Crippen molar-refractivity contribution in [2.45, 2.75) is 19.8 Å². The lowest BCUT2D eigenvalue weighted by atomic mass is 9.80. The van der Waals surface area contributed by atoms with E-state index in [0.29, 0.717) is 17.0 Å². The molecule has 0 heterocycles. The first kappa shape index (κ1) is 21.2. The van der Waals surface area contributed by atoms with Crippen molar-refractivity contribution in [3.05, 3.63) is 81.9 Å². The predicted octanol–water partition coefficient (Wildman–Crippen LogP) is 3.87. The van der Waals surface area contributed by atoms with Crippen LogP contribution in [0.25, 0.3) is 12.2 Å². The average Bonchev–Trinajstić information content (AvgIpc) is 2.76. The summed E-state index contributed by atoms with van der Waals surface area (Å²) in [5, 5.41) is 5.20. The van der Waals surface area contributed by atoms with Gasteiger partial charge in [-0.1, -0.05) is 31.2 Å². The highest BCUT2D eigenvalue weighted by atomic mass is 16.2. The van der Waals surface area contributed by atoms with Crippen LogP contribution in [0, 0.1) is 5.92 Å². The zero-order valence-corrected chi connectivity index (χ0v) is 17.5. The van der Waals surface area contributed by atoms with Gasteiger partial charge in [0.25, 0.3) is 11.8 Å². The van der Waals surface area contributed by atoms with E-state index in [4.69, 9.17) is 0 Å². The molecule has 2 aromatic carbocycles. The summed E-state index contributed by atoms with van der Waals surface area (Å²) in [5.41, 5.74) is 4.51. The van der Waals surface area contributed by atoms with Crippen molar-refractivity contribution in [1.29, 1.82) is 0 Å². The molecule has 5 heteroatoms. The standard InChI is InChI=1S/C25H26N2O3/c1-16-12-21(14-17-4-8-19(9-5-17)24(29)26-2)23(28)22(13-16)15-18-6-10-20(11-7-18)25(30)27-3/h4-11,14-16H,12-13H2,1-3H3,(H,26,29)(H,27,30). The maximum Gasteiger partial charge on any atom is 0.251 e. The fourth-order valence-corrected chi connectivity index (χ4v) is 3.62. The highest BCUT2D eigenvalue weighted by Gasteiger charge is 2.25. The fraction of sp³-hybridized carbons (Fsp3) is 0.240. The highest BCUT2D eigenvalue weighted by molar-refractivity contribution is 6.14. The van der Waals surface area contributed by atoms with Gasteiger partial charge in [0.2, 0.25) is 0 Å². The van der Waals surface area contributed by atoms with Crippen molar-refractivity contribution in [2.24, 2.45) is 5.92 Å².